The molecule has 1 N–H and O–H groups in total. The highest BCUT2D eigenvalue weighted by Gasteiger charge is 2.23. The molecule has 4 nitrogen and oxygen atoms in total. The number of hydrogen-bond donors (Lipinski definition) is 1. The van der Waals surface area contributed by atoms with Crippen molar-refractivity contribution in [2.45, 2.75) is 64.0 Å². The Morgan fingerprint density at radius 3 is 2.40 bits per heavy atom. The topological polar surface area (TPSA) is 41.6 Å². The van der Waals surface area contributed by atoms with Gasteiger partial charge in [0.25, 0.3) is 0 Å². The fourth-order valence-electron chi connectivity index (χ4n) is 4.25. The zero-order valence-electron chi connectivity index (χ0n) is 18.5. The van der Waals surface area contributed by atoms with Gasteiger partial charge in [-0.25, -0.2) is 0 Å². The number of nitrogens with zero attached hydrogens (tertiary/aromatic N) is 1. The fraction of sp³-hybridized carbons (Fsp3) is 0.500. The van der Waals surface area contributed by atoms with Crippen LogP contribution in [0.25, 0.3) is 0 Å². The van der Waals surface area contributed by atoms with Crippen molar-refractivity contribution in [2.24, 2.45) is 0 Å². The van der Waals surface area contributed by atoms with Crippen molar-refractivity contribution in [3.8, 4) is 0 Å². The summed E-state index contributed by atoms with van der Waals surface area (Å²) in [7, 11) is 1.45. The summed E-state index contributed by atoms with van der Waals surface area (Å²) in [5.41, 5.74) is 3.99. The first-order valence-corrected chi connectivity index (χ1v) is 11.4. The number of anilines is 1. The molecule has 0 amide bonds. The van der Waals surface area contributed by atoms with Crippen LogP contribution in [-0.4, -0.2) is 37.1 Å². The average Bonchev–Trinajstić information content (AvgIpc) is 2.80. The molecule has 1 saturated heterocycles. The minimum Gasteiger partial charge on any atom is -0.469 e. The van der Waals surface area contributed by atoms with Gasteiger partial charge in [-0.2, -0.15) is 0 Å². The summed E-state index contributed by atoms with van der Waals surface area (Å²) < 4.78 is 4.68. The van der Waals surface area contributed by atoms with Gasteiger partial charge in [-0.15, -0.1) is 0 Å². The lowest BCUT2D eigenvalue weighted by Crippen LogP contribution is -2.40. The number of likely N-dealkylation sites (tertiary alicyclic amines) is 1. The number of methoxy groups -OCH3 is 1. The molecule has 2 aromatic rings. The molecule has 0 radical (unpaired) electrons. The van der Waals surface area contributed by atoms with E-state index in [4.69, 9.17) is 0 Å². The number of piperidine rings is 1. The van der Waals surface area contributed by atoms with Gasteiger partial charge in [0.2, 0.25) is 0 Å². The van der Waals surface area contributed by atoms with Gasteiger partial charge < -0.3 is 10.1 Å². The lowest BCUT2D eigenvalue weighted by Gasteiger charge is -2.36. The molecule has 30 heavy (non-hydrogen) atoms. The Bertz CT molecular complexity index is 752. The van der Waals surface area contributed by atoms with E-state index in [9.17, 15) is 4.79 Å². The summed E-state index contributed by atoms with van der Waals surface area (Å²) in [5.74, 6) is -0.106. The summed E-state index contributed by atoms with van der Waals surface area (Å²) in [6.45, 7) is 4.59. The lowest BCUT2D eigenvalue weighted by molar-refractivity contribution is -0.140. The molecular formula is C26H36N2O2. The standard InChI is InChI=1S/C26H36N2O2/c1-21(23-10-6-4-7-11-23)28-19-17-25(18-20-28)27-24-15-13-22(14-16-24)9-5-3-8-12-26(29)30-2/h4,6-7,10-11,13-16,21,25,27H,3,5,8-9,12,17-20H2,1-2H3. The summed E-state index contributed by atoms with van der Waals surface area (Å²) in [5, 5.41) is 3.72. The quantitative estimate of drug-likeness (QED) is 0.410. The largest absolute Gasteiger partial charge is 0.469 e. The minimum atomic E-state index is -0.106. The Kier molecular flexibility index (Phi) is 8.76. The van der Waals surface area contributed by atoms with Gasteiger partial charge in [0.05, 0.1) is 7.11 Å². The van der Waals surface area contributed by atoms with Crippen LogP contribution in [0.2, 0.25) is 0 Å². The number of unbranched alkanes of at least 4 members (excludes halogenated alkanes) is 2. The molecule has 1 fully saturated rings. The fourth-order valence-corrected chi connectivity index (χ4v) is 4.25. The van der Waals surface area contributed by atoms with Crippen molar-refractivity contribution in [3.63, 3.8) is 0 Å². The molecule has 1 aliphatic rings. The highest BCUT2D eigenvalue weighted by molar-refractivity contribution is 5.68. The highest BCUT2D eigenvalue weighted by Crippen LogP contribution is 2.25. The average molecular weight is 409 g/mol. The molecule has 2 aromatic carbocycles. The zero-order valence-corrected chi connectivity index (χ0v) is 18.5. The Hall–Kier alpha value is -2.33. The van der Waals surface area contributed by atoms with Gasteiger partial charge in [-0.05, 0) is 62.3 Å². The molecule has 3 rings (SSSR count). The first kappa shape index (κ1) is 22.4. The molecule has 0 aromatic heterocycles. The van der Waals surface area contributed by atoms with Gasteiger partial charge in [-0.1, -0.05) is 48.9 Å². The van der Waals surface area contributed by atoms with Crippen molar-refractivity contribution in [3.05, 3.63) is 65.7 Å². The van der Waals surface area contributed by atoms with Crippen LogP contribution in [0.3, 0.4) is 0 Å². The maximum atomic E-state index is 11.1. The molecule has 1 aliphatic heterocycles. The van der Waals surface area contributed by atoms with E-state index in [0.29, 0.717) is 18.5 Å². The van der Waals surface area contributed by atoms with Crippen LogP contribution in [0.1, 0.15) is 62.6 Å². The zero-order chi connectivity index (χ0) is 21.2. The maximum Gasteiger partial charge on any atom is 0.305 e. The Morgan fingerprint density at radius 1 is 1.03 bits per heavy atom. The second-order valence-electron chi connectivity index (χ2n) is 8.37. The first-order chi connectivity index (χ1) is 14.7. The van der Waals surface area contributed by atoms with Crippen LogP contribution in [0.15, 0.2) is 54.6 Å². The molecule has 0 spiro atoms. The molecule has 162 valence electrons. The smallest absolute Gasteiger partial charge is 0.305 e. The van der Waals surface area contributed by atoms with E-state index in [-0.39, 0.29) is 5.97 Å². The predicted octanol–water partition coefficient (Wildman–Crippen LogP) is 5.60. The monoisotopic (exact) mass is 408 g/mol. The van der Waals surface area contributed by atoms with E-state index >= 15 is 0 Å². The van der Waals surface area contributed by atoms with E-state index in [0.717, 1.165) is 38.8 Å². The predicted molar refractivity (Wildman–Crippen MR) is 124 cm³/mol. The maximum absolute atomic E-state index is 11.1. The molecule has 0 bridgehead atoms. The number of aryl methyl sites for hydroxylation is 1. The molecular weight excluding hydrogens is 372 g/mol. The first-order valence-electron chi connectivity index (χ1n) is 11.4. The third-order valence-electron chi connectivity index (χ3n) is 6.26. The van der Waals surface area contributed by atoms with E-state index in [1.54, 1.807) is 0 Å². The van der Waals surface area contributed by atoms with Crippen molar-refractivity contribution < 1.29 is 9.53 Å². The molecule has 0 saturated carbocycles. The third-order valence-corrected chi connectivity index (χ3v) is 6.26. The Balaban J connectivity index is 1.36. The number of esters is 1. The number of ether oxygens (including phenoxy) is 1. The van der Waals surface area contributed by atoms with Crippen LogP contribution in [0.5, 0.6) is 0 Å². The molecule has 4 heteroatoms. The van der Waals surface area contributed by atoms with Gasteiger partial charge in [0.1, 0.15) is 0 Å². The normalized spacial score (nSPS) is 16.2. The second kappa shape index (κ2) is 11.8. The number of nitrogens with one attached hydrogen (secondary N) is 1. The van der Waals surface area contributed by atoms with Gasteiger partial charge in [0.15, 0.2) is 0 Å². The van der Waals surface area contributed by atoms with E-state index in [2.05, 4.69) is 76.5 Å². The molecule has 1 heterocycles. The number of rotatable bonds is 10. The number of carbonyl (C=O) groups is 1. The summed E-state index contributed by atoms with van der Waals surface area (Å²) >= 11 is 0. The number of benzene rings is 2. The van der Waals surface area contributed by atoms with Crippen molar-refractivity contribution >= 4 is 11.7 Å². The van der Waals surface area contributed by atoms with Crippen LogP contribution in [-0.2, 0) is 16.0 Å². The van der Waals surface area contributed by atoms with Crippen LogP contribution >= 0.6 is 0 Å². The second-order valence-corrected chi connectivity index (χ2v) is 8.37. The molecule has 0 aliphatic carbocycles. The third kappa shape index (κ3) is 6.88. The van der Waals surface area contributed by atoms with Crippen molar-refractivity contribution in [1.29, 1.82) is 0 Å². The highest BCUT2D eigenvalue weighted by atomic mass is 16.5. The van der Waals surface area contributed by atoms with Crippen LogP contribution in [0.4, 0.5) is 5.69 Å². The SMILES string of the molecule is COC(=O)CCCCCc1ccc(NC2CCN(C(C)c3ccccc3)CC2)cc1. The Morgan fingerprint density at radius 2 is 1.73 bits per heavy atom. The van der Waals surface area contributed by atoms with Gasteiger partial charge in [0, 0.05) is 37.3 Å². The van der Waals surface area contributed by atoms with E-state index in [1.165, 1.54) is 36.8 Å². The minimum absolute atomic E-state index is 0.106. The molecule has 1 unspecified atom stereocenters. The van der Waals surface area contributed by atoms with Crippen molar-refractivity contribution in [2.75, 3.05) is 25.5 Å². The summed E-state index contributed by atoms with van der Waals surface area (Å²) in [6.07, 6.45) is 7.04. The Labute approximate surface area is 181 Å². The van der Waals surface area contributed by atoms with E-state index in [1.807, 2.05) is 0 Å². The van der Waals surface area contributed by atoms with Crippen molar-refractivity contribution in [1.82, 2.24) is 4.90 Å². The van der Waals surface area contributed by atoms with Crippen LogP contribution < -0.4 is 5.32 Å². The lowest BCUT2D eigenvalue weighted by atomic mass is 9.99. The van der Waals surface area contributed by atoms with Gasteiger partial charge in [-0.3, -0.25) is 9.69 Å². The van der Waals surface area contributed by atoms with E-state index < -0.39 is 0 Å². The molecule has 1 atom stereocenters. The summed E-state index contributed by atoms with van der Waals surface area (Å²) in [6, 6.07) is 20.7. The number of carbonyl (C=O) groups excluding carboxylic acids is 1. The summed E-state index contributed by atoms with van der Waals surface area (Å²) in [4.78, 5) is 13.7. The number of hydrogen-bond acceptors (Lipinski definition) is 4. The van der Waals surface area contributed by atoms with Gasteiger partial charge >= 0.3 is 5.97 Å². The van der Waals surface area contributed by atoms with Crippen LogP contribution in [0, 0.1) is 0 Å².